The molecule has 14 heterocycles. The Labute approximate surface area is 667 Å². The minimum Gasteiger partial charge on any atom is -0.353 e. The second-order valence-corrected chi connectivity index (χ2v) is 25.9. The Morgan fingerprint density at radius 3 is 1.32 bits per heavy atom. The van der Waals surface area contributed by atoms with Crippen LogP contribution in [-0.4, -0.2) is 184 Å². The van der Waals surface area contributed by atoms with E-state index < -0.39 is 5.91 Å². The van der Waals surface area contributed by atoms with Crippen LogP contribution < -0.4 is 41.7 Å². The highest BCUT2D eigenvalue weighted by molar-refractivity contribution is 6.06. The SMILES string of the molecule is Cc1cc(C)n(-c2ccc(C(=O)Nc3nc(C)nc(-c4ccccn4)n3)cn2)n1.Cc1nc(NC(=O)c2ccc(N3CCNC(=O)C3)nc2C)nc(-c2ccccn2)n1.Cc1nc(NC(=O)c2ccc(N3CCNCC3=O)cc2)nc(-c2ccccn2)n1.Cc1nc(NC(=O)c2cnn(-c3ccc(F)cc3)c2C)nc(-c2ccccn2)n1. The molecule has 0 atom stereocenters. The lowest BCUT2D eigenvalue weighted by atomic mass is 10.1. The Kier molecular flexibility index (Phi) is 24.9. The van der Waals surface area contributed by atoms with E-state index in [4.69, 9.17) is 0 Å². The lowest BCUT2D eigenvalue weighted by Gasteiger charge is -2.28. The molecule has 0 bridgehead atoms. The number of carbonyl (C=O) groups excluding carboxylic acids is 6. The molecular weight excluding hydrogens is 1500 g/mol. The molecule has 0 saturated carbocycles. The van der Waals surface area contributed by atoms with E-state index in [1.54, 1.807) is 184 Å². The maximum Gasteiger partial charge on any atom is 0.261 e. The summed E-state index contributed by atoms with van der Waals surface area (Å²) in [5.41, 5.74) is 8.37. The zero-order valence-electron chi connectivity index (χ0n) is 64.2. The van der Waals surface area contributed by atoms with E-state index in [-0.39, 0.29) is 65.7 Å². The topological polar surface area (TPSA) is 449 Å². The molecule has 2 saturated heterocycles. The zero-order chi connectivity index (χ0) is 82.1. The van der Waals surface area contributed by atoms with Gasteiger partial charge in [0, 0.05) is 74.1 Å². The number of benzene rings is 2. The third-order valence-corrected chi connectivity index (χ3v) is 17.2. The number of aryl methyl sites for hydroxylation is 7. The monoisotopic (exact) mass is 1570 g/mol. The number of pyridine rings is 6. The Bertz CT molecular complexity index is 5930. The fraction of sp³-hybridized carbons (Fsp3) is 0.175. The second kappa shape index (κ2) is 36.6. The molecule has 2 fully saturated rings. The summed E-state index contributed by atoms with van der Waals surface area (Å²) >= 11 is 0. The molecule has 37 heteroatoms. The van der Waals surface area contributed by atoms with E-state index in [1.165, 1.54) is 24.5 Å². The van der Waals surface area contributed by atoms with Gasteiger partial charge in [-0.2, -0.15) is 50.1 Å². The summed E-state index contributed by atoms with van der Waals surface area (Å²) in [7, 11) is 0. The molecule has 2 aromatic carbocycles. The van der Waals surface area contributed by atoms with Gasteiger partial charge >= 0.3 is 0 Å². The van der Waals surface area contributed by atoms with Gasteiger partial charge in [0.05, 0.1) is 58.7 Å². The average molecular weight is 1570 g/mol. The Balaban J connectivity index is 0.000000135. The molecule has 117 heavy (non-hydrogen) atoms. The van der Waals surface area contributed by atoms with Gasteiger partial charge in [0.2, 0.25) is 35.6 Å². The molecular formula is C80H73FN30O6. The number of anilines is 6. The van der Waals surface area contributed by atoms with Crippen molar-refractivity contribution < 1.29 is 33.2 Å². The second-order valence-electron chi connectivity index (χ2n) is 25.9. The predicted octanol–water partition coefficient (Wildman–Crippen LogP) is 8.38. The first-order chi connectivity index (χ1) is 56.6. The number of nitrogens with zero attached hydrogens (tertiary/aromatic N) is 24. The summed E-state index contributed by atoms with van der Waals surface area (Å²) in [6.07, 6.45) is 9.53. The first-order valence-corrected chi connectivity index (χ1v) is 36.3. The Hall–Kier alpha value is -15.7. The van der Waals surface area contributed by atoms with Crippen LogP contribution in [-0.2, 0) is 9.59 Å². The van der Waals surface area contributed by atoms with Crippen molar-refractivity contribution in [2.75, 3.05) is 70.3 Å². The summed E-state index contributed by atoms with van der Waals surface area (Å²) in [5, 5.41) is 25.2. The smallest absolute Gasteiger partial charge is 0.261 e. The molecule has 2 aliphatic heterocycles. The van der Waals surface area contributed by atoms with Gasteiger partial charge in [-0.25, -0.2) is 43.7 Å². The van der Waals surface area contributed by atoms with E-state index in [9.17, 15) is 33.2 Å². The van der Waals surface area contributed by atoms with Gasteiger partial charge in [0.1, 0.15) is 57.7 Å². The van der Waals surface area contributed by atoms with Crippen molar-refractivity contribution in [3.63, 3.8) is 0 Å². The minimum absolute atomic E-state index is 0.0103. The molecule has 2 aliphatic rings. The van der Waals surface area contributed by atoms with E-state index in [0.717, 1.165) is 23.6 Å². The van der Waals surface area contributed by atoms with Crippen molar-refractivity contribution >= 4 is 70.7 Å². The third kappa shape index (κ3) is 20.5. The number of hydrogen-bond donors (Lipinski definition) is 6. The van der Waals surface area contributed by atoms with E-state index in [0.29, 0.717) is 147 Å². The largest absolute Gasteiger partial charge is 0.353 e. The normalized spacial score (nSPS) is 12.3. The van der Waals surface area contributed by atoms with Gasteiger partial charge in [-0.05, 0) is 183 Å². The van der Waals surface area contributed by atoms with Gasteiger partial charge < -0.3 is 20.4 Å². The van der Waals surface area contributed by atoms with Gasteiger partial charge in [-0.3, -0.25) is 70.0 Å². The first kappa shape index (κ1) is 79.4. The fourth-order valence-corrected chi connectivity index (χ4v) is 11.7. The Morgan fingerprint density at radius 1 is 0.427 bits per heavy atom. The highest BCUT2D eigenvalue weighted by Crippen LogP contribution is 2.24. The van der Waals surface area contributed by atoms with E-state index in [2.05, 4.69) is 132 Å². The van der Waals surface area contributed by atoms with Crippen molar-refractivity contribution in [2.45, 2.75) is 55.4 Å². The van der Waals surface area contributed by atoms with Crippen LogP contribution in [0.1, 0.15) is 87.5 Å². The highest BCUT2D eigenvalue weighted by Gasteiger charge is 2.24. The van der Waals surface area contributed by atoms with Crippen molar-refractivity contribution in [1.29, 1.82) is 0 Å². The summed E-state index contributed by atoms with van der Waals surface area (Å²) in [4.78, 5) is 155. The first-order valence-electron chi connectivity index (χ1n) is 36.3. The number of amides is 6. The number of piperazine rings is 2. The molecule has 0 unspecified atom stereocenters. The van der Waals surface area contributed by atoms with Crippen molar-refractivity contribution in [1.82, 2.24) is 120 Å². The molecule has 14 aromatic rings. The number of halogens is 1. The van der Waals surface area contributed by atoms with E-state index >= 15 is 0 Å². The van der Waals surface area contributed by atoms with Crippen LogP contribution in [0.2, 0.25) is 0 Å². The standard InChI is InChI=1S/C20H16FN7O.C20H20N8O2.C20H18N8O.C20H19N7O2/c1-12-16(11-23-28(12)15-8-6-14(21)7-9-15)19(29)27-20-25-13(2)24-18(26-20)17-5-3-4-10-22-17;1-12-14(6-7-16(23-12)28-10-9-22-17(29)11-28)19(30)27-20-25-13(2)24-18(26-20)15-5-3-4-8-21-15;1-12-10-13(2)28(27-12)17-8-7-15(11-22-17)19(29)26-20-24-14(3)23-18(25-20)16-6-4-5-9-21-16;1-13-23-18(16-4-2-3-9-22-16)25-20(24-13)26-19(29)14-5-7-15(8-6-14)27-11-10-21-12-17(27)28/h3-11H,1-2H3,(H,24,25,26,27,29);3-8H,9-11H2,1-2H3,(H,22,29)(H,24,25,26,27,30);4-11H,1-3H3,(H,23,24,25,26,29);2-9,21H,10-12H2,1H3,(H,23,24,25,26,29). The lowest BCUT2D eigenvalue weighted by Crippen LogP contribution is -2.48. The molecule has 6 amide bonds. The molecule has 0 spiro atoms. The maximum atomic E-state index is 13.1. The summed E-state index contributed by atoms with van der Waals surface area (Å²) < 4.78 is 16.4. The molecule has 0 radical (unpaired) electrons. The van der Waals surface area contributed by atoms with Crippen LogP contribution in [0.3, 0.4) is 0 Å². The van der Waals surface area contributed by atoms with E-state index in [1.807, 2.05) is 55.1 Å². The molecule has 586 valence electrons. The average Bonchev–Trinajstić information content (AvgIpc) is 1.56. The minimum atomic E-state index is -0.409. The number of carbonyl (C=O) groups is 6. The fourth-order valence-electron chi connectivity index (χ4n) is 11.7. The summed E-state index contributed by atoms with van der Waals surface area (Å²) in [6.45, 7) is 17.4. The van der Waals surface area contributed by atoms with Crippen molar-refractivity contribution in [3.8, 4) is 57.6 Å². The lowest BCUT2D eigenvalue weighted by molar-refractivity contribution is -0.120. The highest BCUT2D eigenvalue weighted by atomic mass is 19.1. The third-order valence-electron chi connectivity index (χ3n) is 17.2. The van der Waals surface area contributed by atoms with Crippen LogP contribution in [0.25, 0.3) is 57.6 Å². The van der Waals surface area contributed by atoms with Gasteiger partial charge in [0.15, 0.2) is 29.1 Å². The number of rotatable bonds is 16. The number of hydrogen-bond acceptors (Lipinski definition) is 28. The summed E-state index contributed by atoms with van der Waals surface area (Å²) in [6, 6.07) is 43.2. The molecule has 6 N–H and O–H groups in total. The Morgan fingerprint density at radius 2 is 0.889 bits per heavy atom. The molecule has 36 nitrogen and oxygen atoms in total. The van der Waals surface area contributed by atoms with Crippen LogP contribution in [0.4, 0.5) is 39.7 Å². The molecule has 12 aromatic heterocycles. The zero-order valence-corrected chi connectivity index (χ0v) is 64.2. The molecule has 16 rings (SSSR count). The number of aromatic nitrogens is 22. The van der Waals surface area contributed by atoms with Gasteiger partial charge in [-0.15, -0.1) is 0 Å². The van der Waals surface area contributed by atoms with Gasteiger partial charge in [-0.1, -0.05) is 24.3 Å². The quantitative estimate of drug-likeness (QED) is 0.0528. The van der Waals surface area contributed by atoms with Crippen LogP contribution in [0.5, 0.6) is 0 Å². The predicted molar refractivity (Wildman–Crippen MR) is 428 cm³/mol. The van der Waals surface area contributed by atoms with Crippen molar-refractivity contribution in [3.05, 3.63) is 263 Å². The van der Waals surface area contributed by atoms with Crippen molar-refractivity contribution in [2.24, 2.45) is 0 Å². The van der Waals surface area contributed by atoms with Crippen LogP contribution >= 0.6 is 0 Å². The molecule has 0 aliphatic carbocycles. The van der Waals surface area contributed by atoms with Crippen LogP contribution in [0.15, 0.2) is 189 Å². The van der Waals surface area contributed by atoms with Crippen LogP contribution in [0, 0.1) is 61.2 Å². The number of nitrogens with one attached hydrogen (secondary N) is 6. The maximum absolute atomic E-state index is 13.1. The van der Waals surface area contributed by atoms with Gasteiger partial charge in [0.25, 0.3) is 23.6 Å². The summed E-state index contributed by atoms with van der Waals surface area (Å²) in [5.74, 6) is 3.42.